The first kappa shape index (κ1) is 14.8. The van der Waals surface area contributed by atoms with Crippen LogP contribution in [0.4, 0.5) is 0 Å². The van der Waals surface area contributed by atoms with Crippen LogP contribution in [0, 0.1) is 0 Å². The average Bonchev–Trinajstić information content (AvgIpc) is 2.88. The number of halogens is 1. The molecule has 0 aliphatic rings. The maximum atomic E-state index is 6.29. The van der Waals surface area contributed by atoms with Crippen LogP contribution in [0.15, 0.2) is 24.5 Å². The van der Waals surface area contributed by atoms with Crippen LogP contribution < -0.4 is 10.1 Å². The molecule has 0 saturated heterocycles. The predicted octanol–water partition coefficient (Wildman–Crippen LogP) is 2.66. The van der Waals surface area contributed by atoms with Crippen molar-refractivity contribution in [3.63, 3.8) is 0 Å². The van der Waals surface area contributed by atoms with Crippen molar-refractivity contribution in [3.05, 3.63) is 40.9 Å². The summed E-state index contributed by atoms with van der Waals surface area (Å²) in [7, 11) is 1.64. The van der Waals surface area contributed by atoms with Crippen LogP contribution in [-0.2, 0) is 6.54 Å². The van der Waals surface area contributed by atoms with Gasteiger partial charge in [0.2, 0.25) is 0 Å². The molecule has 108 valence electrons. The number of rotatable bonds is 6. The Bertz CT molecular complexity index is 549. The molecule has 0 spiro atoms. The monoisotopic (exact) mass is 294 g/mol. The normalized spacial score (nSPS) is 12.4. The van der Waals surface area contributed by atoms with E-state index in [1.807, 2.05) is 30.7 Å². The Labute approximate surface area is 123 Å². The lowest BCUT2D eigenvalue weighted by molar-refractivity contribution is 0.398. The zero-order valence-corrected chi connectivity index (χ0v) is 12.7. The minimum Gasteiger partial charge on any atom is -0.493 e. The number of hydrogen-bond acceptors (Lipinski definition) is 4. The number of hydrogen-bond donors (Lipinski definition) is 1. The SMILES string of the molecule is CCNC(c1ncccc1Cl)c1c(OC)cnn1CC. The predicted molar refractivity (Wildman–Crippen MR) is 79.2 cm³/mol. The zero-order valence-electron chi connectivity index (χ0n) is 11.9. The second-order valence-corrected chi connectivity index (χ2v) is 4.68. The quantitative estimate of drug-likeness (QED) is 0.890. The van der Waals surface area contributed by atoms with Crippen LogP contribution >= 0.6 is 11.6 Å². The van der Waals surface area contributed by atoms with Gasteiger partial charge in [0, 0.05) is 12.7 Å². The van der Waals surface area contributed by atoms with E-state index < -0.39 is 0 Å². The molecule has 0 bridgehead atoms. The lowest BCUT2D eigenvalue weighted by Crippen LogP contribution is -2.26. The summed E-state index contributed by atoms with van der Waals surface area (Å²) in [6.07, 6.45) is 3.46. The highest BCUT2D eigenvalue weighted by molar-refractivity contribution is 6.31. The van der Waals surface area contributed by atoms with Gasteiger partial charge in [-0.15, -0.1) is 0 Å². The molecule has 0 fully saturated rings. The molecule has 1 atom stereocenters. The number of nitrogens with zero attached hydrogens (tertiary/aromatic N) is 3. The standard InChI is InChI=1S/C14H19ClN4O/c1-4-16-13(12-10(15)7-6-8-17-12)14-11(20-3)9-18-19(14)5-2/h6-9,13,16H,4-5H2,1-3H3. The molecule has 0 amide bonds. The van der Waals surface area contributed by atoms with E-state index in [0.717, 1.165) is 30.2 Å². The summed E-state index contributed by atoms with van der Waals surface area (Å²) in [5.74, 6) is 0.736. The minimum atomic E-state index is -0.147. The Morgan fingerprint density at radius 1 is 1.45 bits per heavy atom. The van der Waals surface area contributed by atoms with Gasteiger partial charge < -0.3 is 10.1 Å². The highest BCUT2D eigenvalue weighted by atomic mass is 35.5. The Morgan fingerprint density at radius 3 is 2.85 bits per heavy atom. The van der Waals surface area contributed by atoms with E-state index in [2.05, 4.69) is 15.4 Å². The van der Waals surface area contributed by atoms with Crippen molar-refractivity contribution in [3.8, 4) is 5.75 Å². The highest BCUT2D eigenvalue weighted by Gasteiger charge is 2.25. The van der Waals surface area contributed by atoms with Gasteiger partial charge in [-0.3, -0.25) is 9.67 Å². The third-order valence-electron chi connectivity index (χ3n) is 3.11. The van der Waals surface area contributed by atoms with Gasteiger partial charge in [-0.2, -0.15) is 5.10 Å². The molecule has 2 heterocycles. The van der Waals surface area contributed by atoms with Crippen molar-refractivity contribution in [2.45, 2.75) is 26.4 Å². The summed E-state index contributed by atoms with van der Waals surface area (Å²) < 4.78 is 7.32. The van der Waals surface area contributed by atoms with Crippen LogP contribution in [-0.4, -0.2) is 28.4 Å². The molecule has 2 aromatic heterocycles. The Hall–Kier alpha value is -1.59. The van der Waals surface area contributed by atoms with Gasteiger partial charge in [0.15, 0.2) is 5.75 Å². The zero-order chi connectivity index (χ0) is 14.5. The molecule has 0 saturated carbocycles. The van der Waals surface area contributed by atoms with Gasteiger partial charge in [0.05, 0.1) is 30.1 Å². The fourth-order valence-electron chi connectivity index (χ4n) is 2.22. The van der Waals surface area contributed by atoms with Gasteiger partial charge >= 0.3 is 0 Å². The molecule has 2 rings (SSSR count). The Balaban J connectivity index is 2.54. The van der Waals surface area contributed by atoms with Gasteiger partial charge in [-0.05, 0) is 25.6 Å². The van der Waals surface area contributed by atoms with Crippen LogP contribution in [0.25, 0.3) is 0 Å². The fraction of sp³-hybridized carbons (Fsp3) is 0.429. The number of aromatic nitrogens is 3. The summed E-state index contributed by atoms with van der Waals surface area (Å²) in [6, 6.07) is 3.52. The first-order chi connectivity index (χ1) is 9.72. The van der Waals surface area contributed by atoms with Crippen LogP contribution in [0.5, 0.6) is 5.75 Å². The van der Waals surface area contributed by atoms with E-state index in [1.54, 1.807) is 19.5 Å². The van der Waals surface area contributed by atoms with Crippen molar-refractivity contribution in [1.82, 2.24) is 20.1 Å². The molecule has 1 N–H and O–H groups in total. The van der Waals surface area contributed by atoms with E-state index in [4.69, 9.17) is 16.3 Å². The number of ether oxygens (including phenoxy) is 1. The van der Waals surface area contributed by atoms with Gasteiger partial charge in [-0.1, -0.05) is 18.5 Å². The van der Waals surface area contributed by atoms with Crippen LogP contribution in [0.2, 0.25) is 5.02 Å². The number of nitrogens with one attached hydrogen (secondary N) is 1. The second-order valence-electron chi connectivity index (χ2n) is 4.28. The third kappa shape index (κ3) is 2.78. The summed E-state index contributed by atoms with van der Waals surface area (Å²) in [5, 5.41) is 8.38. The van der Waals surface area contributed by atoms with Crippen molar-refractivity contribution in [1.29, 1.82) is 0 Å². The number of methoxy groups -OCH3 is 1. The van der Waals surface area contributed by atoms with Crippen molar-refractivity contribution < 1.29 is 4.74 Å². The van der Waals surface area contributed by atoms with Crippen LogP contribution in [0.3, 0.4) is 0 Å². The van der Waals surface area contributed by atoms with E-state index >= 15 is 0 Å². The fourth-order valence-corrected chi connectivity index (χ4v) is 2.45. The minimum absolute atomic E-state index is 0.147. The second kappa shape index (κ2) is 6.72. The molecule has 6 heteroatoms. The molecule has 0 radical (unpaired) electrons. The van der Waals surface area contributed by atoms with E-state index in [9.17, 15) is 0 Å². The summed E-state index contributed by atoms with van der Waals surface area (Å²) in [6.45, 7) is 5.63. The van der Waals surface area contributed by atoms with Crippen molar-refractivity contribution >= 4 is 11.6 Å². The maximum absolute atomic E-state index is 6.29. The Morgan fingerprint density at radius 2 is 2.25 bits per heavy atom. The molecule has 0 aliphatic heterocycles. The Kier molecular flexibility index (Phi) is 4.98. The topological polar surface area (TPSA) is 52.0 Å². The lowest BCUT2D eigenvalue weighted by Gasteiger charge is -2.20. The smallest absolute Gasteiger partial charge is 0.161 e. The largest absolute Gasteiger partial charge is 0.493 e. The number of aryl methyl sites for hydroxylation is 1. The molecule has 1 unspecified atom stereocenters. The van der Waals surface area contributed by atoms with Crippen molar-refractivity contribution in [2.24, 2.45) is 0 Å². The summed E-state index contributed by atoms with van der Waals surface area (Å²) in [4.78, 5) is 4.41. The summed E-state index contributed by atoms with van der Waals surface area (Å²) in [5.41, 5.74) is 1.72. The van der Waals surface area contributed by atoms with Gasteiger partial charge in [0.1, 0.15) is 5.69 Å². The molecular formula is C14H19ClN4O. The van der Waals surface area contributed by atoms with E-state index in [-0.39, 0.29) is 6.04 Å². The molecule has 0 aliphatic carbocycles. The van der Waals surface area contributed by atoms with Crippen molar-refractivity contribution in [2.75, 3.05) is 13.7 Å². The van der Waals surface area contributed by atoms with Gasteiger partial charge in [0.25, 0.3) is 0 Å². The number of pyridine rings is 1. The molecule has 0 aromatic carbocycles. The molecule has 2 aromatic rings. The van der Waals surface area contributed by atoms with E-state index in [0.29, 0.717) is 5.02 Å². The lowest BCUT2D eigenvalue weighted by atomic mass is 10.1. The summed E-state index contributed by atoms with van der Waals surface area (Å²) >= 11 is 6.29. The molecule has 20 heavy (non-hydrogen) atoms. The molecular weight excluding hydrogens is 276 g/mol. The highest BCUT2D eigenvalue weighted by Crippen LogP contribution is 2.32. The van der Waals surface area contributed by atoms with Crippen LogP contribution in [0.1, 0.15) is 31.3 Å². The third-order valence-corrected chi connectivity index (χ3v) is 3.43. The first-order valence-electron chi connectivity index (χ1n) is 6.66. The first-order valence-corrected chi connectivity index (χ1v) is 7.04. The van der Waals surface area contributed by atoms with Gasteiger partial charge in [-0.25, -0.2) is 0 Å². The maximum Gasteiger partial charge on any atom is 0.161 e. The van der Waals surface area contributed by atoms with E-state index in [1.165, 1.54) is 0 Å². The molecule has 5 nitrogen and oxygen atoms in total. The average molecular weight is 295 g/mol.